The second-order valence-corrected chi connectivity index (χ2v) is 8.36. The molecule has 0 atom stereocenters. The molecular weight excluding hydrogens is 547 g/mol. The molecule has 0 aliphatic heterocycles. The standard InChI is InChI=1S/C16H23BrN6O2S.HI/c1-18-16(23(3)12-14-9-13(17)11-22(14)2)20-7-8-21-26(24,25)15-5-4-6-19-10-15;/h4-6,9-11,21H,7-8,12H2,1-3H3,(H,18,20);1H. The van der Waals surface area contributed by atoms with Crippen molar-refractivity contribution in [3.05, 3.63) is 47.0 Å². The highest BCUT2D eigenvalue weighted by Crippen LogP contribution is 2.14. The van der Waals surface area contributed by atoms with Gasteiger partial charge >= 0.3 is 0 Å². The van der Waals surface area contributed by atoms with E-state index >= 15 is 0 Å². The van der Waals surface area contributed by atoms with Crippen molar-refractivity contribution in [3.8, 4) is 0 Å². The van der Waals surface area contributed by atoms with Crippen LogP contribution in [0.25, 0.3) is 0 Å². The van der Waals surface area contributed by atoms with E-state index in [0.29, 0.717) is 19.0 Å². The molecule has 0 spiro atoms. The van der Waals surface area contributed by atoms with Crippen molar-refractivity contribution in [1.82, 2.24) is 24.5 Å². The fourth-order valence-electron chi connectivity index (χ4n) is 2.38. The van der Waals surface area contributed by atoms with Gasteiger partial charge in [-0.15, -0.1) is 24.0 Å². The van der Waals surface area contributed by atoms with Crippen molar-refractivity contribution in [2.24, 2.45) is 12.0 Å². The Bertz CT molecular complexity index is 857. The number of hydrogen-bond donors (Lipinski definition) is 2. The summed E-state index contributed by atoms with van der Waals surface area (Å²) in [5.41, 5.74) is 1.12. The Kier molecular flexibility index (Phi) is 9.70. The molecule has 0 saturated carbocycles. The summed E-state index contributed by atoms with van der Waals surface area (Å²) in [6.07, 6.45) is 4.85. The van der Waals surface area contributed by atoms with Crippen LogP contribution in [0.5, 0.6) is 0 Å². The first-order valence-electron chi connectivity index (χ1n) is 7.95. The highest BCUT2D eigenvalue weighted by molar-refractivity contribution is 14.0. The van der Waals surface area contributed by atoms with Crippen molar-refractivity contribution in [1.29, 1.82) is 0 Å². The lowest BCUT2D eigenvalue weighted by Gasteiger charge is -2.22. The summed E-state index contributed by atoms with van der Waals surface area (Å²) >= 11 is 3.46. The second kappa shape index (κ2) is 11.0. The van der Waals surface area contributed by atoms with E-state index < -0.39 is 10.0 Å². The fraction of sp³-hybridized carbons (Fsp3) is 0.375. The van der Waals surface area contributed by atoms with E-state index in [9.17, 15) is 8.42 Å². The van der Waals surface area contributed by atoms with Gasteiger partial charge in [0, 0.05) is 63.0 Å². The molecule has 2 aromatic rings. The number of nitrogens with one attached hydrogen (secondary N) is 2. The molecule has 2 N–H and O–H groups in total. The number of pyridine rings is 1. The number of rotatable bonds is 7. The first kappa shape index (κ1) is 23.9. The summed E-state index contributed by atoms with van der Waals surface area (Å²) in [6, 6.07) is 5.14. The van der Waals surface area contributed by atoms with E-state index in [-0.39, 0.29) is 35.4 Å². The predicted octanol–water partition coefficient (Wildman–Crippen LogP) is 1.79. The fourth-order valence-corrected chi connectivity index (χ4v) is 3.94. The topological polar surface area (TPSA) is 91.6 Å². The highest BCUT2D eigenvalue weighted by Gasteiger charge is 2.13. The predicted molar refractivity (Wildman–Crippen MR) is 121 cm³/mol. The van der Waals surface area contributed by atoms with Crippen LogP contribution in [0.4, 0.5) is 0 Å². The van der Waals surface area contributed by atoms with Crippen LogP contribution < -0.4 is 10.0 Å². The van der Waals surface area contributed by atoms with Crippen LogP contribution in [-0.4, -0.2) is 56.0 Å². The van der Waals surface area contributed by atoms with E-state index in [2.05, 4.69) is 35.9 Å². The Balaban J connectivity index is 0.00000364. The normalized spacial score (nSPS) is 11.8. The lowest BCUT2D eigenvalue weighted by Crippen LogP contribution is -2.42. The lowest BCUT2D eigenvalue weighted by atomic mass is 10.4. The third-order valence-corrected chi connectivity index (χ3v) is 5.57. The number of sulfonamides is 1. The van der Waals surface area contributed by atoms with Gasteiger partial charge in [-0.1, -0.05) is 0 Å². The van der Waals surface area contributed by atoms with Gasteiger partial charge in [0.15, 0.2) is 5.96 Å². The number of aryl methyl sites for hydroxylation is 1. The minimum absolute atomic E-state index is 0. The molecule has 27 heavy (non-hydrogen) atoms. The van der Waals surface area contributed by atoms with Gasteiger partial charge in [0.2, 0.25) is 10.0 Å². The molecule has 0 radical (unpaired) electrons. The molecule has 0 amide bonds. The third kappa shape index (κ3) is 7.05. The lowest BCUT2D eigenvalue weighted by molar-refractivity contribution is 0.462. The number of guanidine groups is 1. The summed E-state index contributed by atoms with van der Waals surface area (Å²) in [6.45, 7) is 1.32. The Morgan fingerprint density at radius 2 is 2.15 bits per heavy atom. The molecule has 11 heteroatoms. The summed E-state index contributed by atoms with van der Waals surface area (Å²) in [5, 5.41) is 3.15. The summed E-state index contributed by atoms with van der Waals surface area (Å²) < 4.78 is 29.9. The third-order valence-electron chi connectivity index (χ3n) is 3.69. The van der Waals surface area contributed by atoms with Crippen LogP contribution in [0.1, 0.15) is 5.69 Å². The Morgan fingerprint density at radius 1 is 1.41 bits per heavy atom. The average Bonchev–Trinajstić information content (AvgIpc) is 2.92. The summed E-state index contributed by atoms with van der Waals surface area (Å²) in [4.78, 5) is 10.2. The number of aliphatic imine (C=N–C) groups is 1. The summed E-state index contributed by atoms with van der Waals surface area (Å²) in [7, 11) is 2.05. The second-order valence-electron chi connectivity index (χ2n) is 5.68. The minimum Gasteiger partial charge on any atom is -0.355 e. The quantitative estimate of drug-likeness (QED) is 0.229. The van der Waals surface area contributed by atoms with Crippen LogP contribution in [0.2, 0.25) is 0 Å². The maximum absolute atomic E-state index is 12.1. The van der Waals surface area contributed by atoms with Crippen molar-refractivity contribution < 1.29 is 8.42 Å². The maximum Gasteiger partial charge on any atom is 0.242 e. The van der Waals surface area contributed by atoms with Crippen LogP contribution in [0.15, 0.2) is 51.2 Å². The Morgan fingerprint density at radius 3 is 2.70 bits per heavy atom. The molecule has 0 fully saturated rings. The van der Waals surface area contributed by atoms with Gasteiger partial charge < -0.3 is 14.8 Å². The highest BCUT2D eigenvalue weighted by atomic mass is 127. The van der Waals surface area contributed by atoms with Gasteiger partial charge in [-0.25, -0.2) is 13.1 Å². The molecular formula is C16H24BrIN6O2S. The molecule has 0 unspecified atom stereocenters. The largest absolute Gasteiger partial charge is 0.355 e. The van der Waals surface area contributed by atoms with Crippen molar-refractivity contribution in [2.75, 3.05) is 27.2 Å². The number of nitrogens with zero attached hydrogens (tertiary/aromatic N) is 4. The first-order valence-corrected chi connectivity index (χ1v) is 10.2. The van der Waals surface area contributed by atoms with E-state index in [1.165, 1.54) is 18.5 Å². The van der Waals surface area contributed by atoms with E-state index in [0.717, 1.165) is 10.2 Å². The molecule has 150 valence electrons. The van der Waals surface area contributed by atoms with Crippen LogP contribution in [0, 0.1) is 0 Å². The number of halogens is 2. The van der Waals surface area contributed by atoms with Gasteiger partial charge in [-0.05, 0) is 34.1 Å². The van der Waals surface area contributed by atoms with E-state index in [1.54, 1.807) is 13.1 Å². The molecule has 2 aromatic heterocycles. The molecule has 0 aliphatic carbocycles. The molecule has 0 saturated heterocycles. The van der Waals surface area contributed by atoms with Crippen molar-refractivity contribution >= 4 is 55.9 Å². The van der Waals surface area contributed by atoms with Gasteiger partial charge in [0.1, 0.15) is 4.90 Å². The van der Waals surface area contributed by atoms with Crippen molar-refractivity contribution in [3.63, 3.8) is 0 Å². The van der Waals surface area contributed by atoms with Crippen LogP contribution in [0.3, 0.4) is 0 Å². The monoisotopic (exact) mass is 570 g/mol. The number of aromatic nitrogens is 2. The Hall–Kier alpha value is -1.18. The van der Waals surface area contributed by atoms with E-state index in [1.807, 2.05) is 35.8 Å². The molecule has 2 heterocycles. The zero-order chi connectivity index (χ0) is 19.2. The molecule has 8 nitrogen and oxygen atoms in total. The van der Waals surface area contributed by atoms with Crippen LogP contribution in [-0.2, 0) is 23.6 Å². The van der Waals surface area contributed by atoms with Gasteiger partial charge in [-0.3, -0.25) is 9.98 Å². The van der Waals surface area contributed by atoms with Gasteiger partial charge in [0.05, 0.1) is 6.54 Å². The molecule has 0 bridgehead atoms. The maximum atomic E-state index is 12.1. The van der Waals surface area contributed by atoms with Crippen LogP contribution >= 0.6 is 39.9 Å². The van der Waals surface area contributed by atoms with Gasteiger partial charge in [-0.2, -0.15) is 0 Å². The molecule has 0 aromatic carbocycles. The minimum atomic E-state index is -3.55. The first-order chi connectivity index (χ1) is 12.3. The average molecular weight is 571 g/mol. The smallest absolute Gasteiger partial charge is 0.242 e. The SMILES string of the molecule is CN=C(NCCNS(=O)(=O)c1cccnc1)N(C)Cc1cc(Br)cn1C.I. The van der Waals surface area contributed by atoms with E-state index in [4.69, 9.17) is 0 Å². The zero-order valence-corrected chi connectivity index (χ0v) is 20.1. The molecule has 0 aliphatic rings. The molecule has 2 rings (SSSR count). The zero-order valence-electron chi connectivity index (χ0n) is 15.4. The van der Waals surface area contributed by atoms with Crippen molar-refractivity contribution in [2.45, 2.75) is 11.4 Å². The van der Waals surface area contributed by atoms with Gasteiger partial charge in [0.25, 0.3) is 0 Å². The number of hydrogen-bond acceptors (Lipinski definition) is 4. The Labute approximate surface area is 185 Å². The summed E-state index contributed by atoms with van der Waals surface area (Å²) in [5.74, 6) is 0.683.